The van der Waals surface area contributed by atoms with E-state index in [0.717, 1.165) is 0 Å². The topological polar surface area (TPSA) is 74.6 Å². The van der Waals surface area contributed by atoms with E-state index in [9.17, 15) is 9.36 Å². The van der Waals surface area contributed by atoms with Gasteiger partial charge in [0.2, 0.25) is 0 Å². The summed E-state index contributed by atoms with van der Waals surface area (Å²) >= 11 is 0. The molecule has 0 atom stereocenters. The van der Waals surface area contributed by atoms with Crippen molar-refractivity contribution in [2.24, 2.45) is 0 Å². The van der Waals surface area contributed by atoms with E-state index in [0.29, 0.717) is 0 Å². The van der Waals surface area contributed by atoms with E-state index in [1.54, 1.807) is 6.07 Å². The molecule has 0 saturated carbocycles. The van der Waals surface area contributed by atoms with Crippen molar-refractivity contribution in [1.29, 1.82) is 0 Å². The molecular weight excluding hydrogens is 214 g/mol. The van der Waals surface area contributed by atoms with Gasteiger partial charge >= 0.3 is 37.2 Å². The van der Waals surface area contributed by atoms with Gasteiger partial charge in [0.15, 0.2) is 5.78 Å². The molecule has 0 unspecified atom stereocenters. The molecule has 0 radical (unpaired) electrons. The first-order valence-electron chi connectivity index (χ1n) is 3.59. The monoisotopic (exact) mass is 224 g/mol. The third-order valence-electron chi connectivity index (χ3n) is 1.60. The van der Waals surface area contributed by atoms with Gasteiger partial charge in [-0.2, -0.15) is 0 Å². The standard InChI is InChI=1S/C8H9O4P.Na.H/c1-6(9)7-4-2-3-5-8(7)13(10,11)12;;/h2-5H,1H3,(H2,10,11,12);;/q;+1;-1. The van der Waals surface area contributed by atoms with Crippen LogP contribution >= 0.6 is 7.60 Å². The van der Waals surface area contributed by atoms with E-state index in [-0.39, 0.29) is 47.6 Å². The average molecular weight is 224 g/mol. The van der Waals surface area contributed by atoms with Crippen LogP contribution in [-0.2, 0) is 4.57 Å². The number of benzene rings is 1. The Morgan fingerprint density at radius 2 is 1.86 bits per heavy atom. The summed E-state index contributed by atoms with van der Waals surface area (Å²) in [6.07, 6.45) is 0. The molecule has 0 aliphatic carbocycles. The summed E-state index contributed by atoms with van der Waals surface area (Å²) in [5.74, 6) is -0.348. The molecule has 0 amide bonds. The van der Waals surface area contributed by atoms with Crippen LogP contribution in [0.3, 0.4) is 0 Å². The van der Waals surface area contributed by atoms with E-state index in [2.05, 4.69) is 0 Å². The third kappa shape index (κ3) is 3.31. The largest absolute Gasteiger partial charge is 1.00 e. The first kappa shape index (κ1) is 14.0. The molecule has 0 heterocycles. The van der Waals surface area contributed by atoms with Crippen LogP contribution < -0.4 is 34.9 Å². The summed E-state index contributed by atoms with van der Waals surface area (Å²) in [5.41, 5.74) is 0.0795. The smallest absolute Gasteiger partial charge is 1.00 e. The molecule has 1 aromatic carbocycles. The summed E-state index contributed by atoms with van der Waals surface area (Å²) in [6.45, 7) is 1.27. The second-order valence-electron chi connectivity index (χ2n) is 2.62. The Kier molecular flexibility index (Phi) is 5.23. The third-order valence-corrected chi connectivity index (χ3v) is 2.61. The van der Waals surface area contributed by atoms with E-state index < -0.39 is 7.60 Å². The minimum absolute atomic E-state index is 0. The summed E-state index contributed by atoms with van der Waals surface area (Å²) in [6, 6.07) is 5.71. The molecule has 0 aliphatic heterocycles. The molecule has 2 N–H and O–H groups in total. The van der Waals surface area contributed by atoms with Gasteiger partial charge in [-0.1, -0.05) is 18.2 Å². The quantitative estimate of drug-likeness (QED) is 0.340. The Hall–Kier alpha value is 0.0400. The Bertz CT molecular complexity index is 390. The summed E-state index contributed by atoms with van der Waals surface area (Å²) in [7, 11) is -4.33. The predicted octanol–water partition coefficient (Wildman–Crippen LogP) is -2.19. The number of hydrogen-bond acceptors (Lipinski definition) is 2. The van der Waals surface area contributed by atoms with Crippen molar-refractivity contribution in [2.75, 3.05) is 0 Å². The zero-order chi connectivity index (χ0) is 10.1. The minimum Gasteiger partial charge on any atom is -1.00 e. The van der Waals surface area contributed by atoms with Crippen LogP contribution in [-0.4, -0.2) is 15.6 Å². The molecule has 4 nitrogen and oxygen atoms in total. The van der Waals surface area contributed by atoms with Crippen LogP contribution in [0.1, 0.15) is 18.7 Å². The first-order valence-corrected chi connectivity index (χ1v) is 5.20. The second kappa shape index (κ2) is 5.21. The number of carbonyl (C=O) groups is 1. The molecule has 14 heavy (non-hydrogen) atoms. The molecule has 0 aliphatic rings. The van der Waals surface area contributed by atoms with Crippen LogP contribution in [0.5, 0.6) is 0 Å². The Morgan fingerprint density at radius 3 is 2.21 bits per heavy atom. The van der Waals surface area contributed by atoms with Gasteiger partial charge in [0, 0.05) is 5.56 Å². The summed E-state index contributed by atoms with van der Waals surface area (Å²) in [5, 5.41) is -0.206. The fraction of sp³-hybridized carbons (Fsp3) is 0.125. The van der Waals surface area contributed by atoms with Crippen molar-refractivity contribution in [2.45, 2.75) is 6.92 Å². The second-order valence-corrected chi connectivity index (χ2v) is 4.19. The Labute approximate surface area is 105 Å². The molecule has 1 rings (SSSR count). The van der Waals surface area contributed by atoms with Crippen molar-refractivity contribution in [1.82, 2.24) is 0 Å². The van der Waals surface area contributed by atoms with Crippen LogP contribution in [0.2, 0.25) is 0 Å². The van der Waals surface area contributed by atoms with Crippen LogP contribution in [0.15, 0.2) is 24.3 Å². The molecule has 6 heteroatoms. The zero-order valence-electron chi connectivity index (χ0n) is 8.97. The minimum atomic E-state index is -4.33. The van der Waals surface area contributed by atoms with Gasteiger partial charge in [-0.25, -0.2) is 0 Å². The molecule has 0 saturated heterocycles. The SMILES string of the molecule is CC(=O)c1ccccc1P(=O)(O)O.[H-].[Na+]. The molecule has 0 aromatic heterocycles. The maximum atomic E-state index is 11.0. The molecule has 72 valence electrons. The molecule has 0 fully saturated rings. The Morgan fingerprint density at radius 1 is 1.36 bits per heavy atom. The van der Waals surface area contributed by atoms with Crippen molar-refractivity contribution < 1.29 is 50.1 Å². The van der Waals surface area contributed by atoms with Crippen molar-refractivity contribution in [3.05, 3.63) is 29.8 Å². The molecule has 0 spiro atoms. The number of Topliss-reactive ketones (excluding diaryl/α,β-unsaturated/α-hetero) is 1. The van der Waals surface area contributed by atoms with Crippen LogP contribution in [0, 0.1) is 0 Å². The molecule has 1 aromatic rings. The normalized spacial score (nSPS) is 10.5. The van der Waals surface area contributed by atoms with Gasteiger partial charge in [-0.3, -0.25) is 9.36 Å². The van der Waals surface area contributed by atoms with Crippen molar-refractivity contribution >= 4 is 18.7 Å². The fourth-order valence-electron chi connectivity index (χ4n) is 1.03. The van der Waals surface area contributed by atoms with Gasteiger partial charge in [-0.05, 0) is 13.0 Å². The van der Waals surface area contributed by atoms with Crippen LogP contribution in [0.4, 0.5) is 0 Å². The average Bonchev–Trinajstić information content (AvgIpc) is 2.03. The van der Waals surface area contributed by atoms with Gasteiger partial charge in [0.25, 0.3) is 0 Å². The summed E-state index contributed by atoms with van der Waals surface area (Å²) < 4.78 is 10.9. The first-order chi connectivity index (χ1) is 5.93. The van der Waals surface area contributed by atoms with Gasteiger partial charge < -0.3 is 11.2 Å². The van der Waals surface area contributed by atoms with E-state index >= 15 is 0 Å². The van der Waals surface area contributed by atoms with Crippen LogP contribution in [0.25, 0.3) is 0 Å². The van der Waals surface area contributed by atoms with E-state index in [1.807, 2.05) is 0 Å². The van der Waals surface area contributed by atoms with Gasteiger partial charge in [0.05, 0.1) is 5.30 Å². The maximum Gasteiger partial charge on any atom is 1.00 e. The Balaban J connectivity index is 0. The molecule has 0 bridgehead atoms. The number of carbonyl (C=O) groups excluding carboxylic acids is 1. The van der Waals surface area contributed by atoms with E-state index in [4.69, 9.17) is 9.79 Å². The molecular formula is C8H10NaO4P. The maximum absolute atomic E-state index is 11.0. The van der Waals surface area contributed by atoms with Gasteiger partial charge in [-0.15, -0.1) is 0 Å². The number of hydrogen-bond donors (Lipinski definition) is 2. The van der Waals surface area contributed by atoms with Crippen molar-refractivity contribution in [3.63, 3.8) is 0 Å². The zero-order valence-corrected chi connectivity index (χ0v) is 10.9. The van der Waals surface area contributed by atoms with Gasteiger partial charge in [0.1, 0.15) is 0 Å². The summed E-state index contributed by atoms with van der Waals surface area (Å²) in [4.78, 5) is 28.7. The number of rotatable bonds is 2. The van der Waals surface area contributed by atoms with E-state index in [1.165, 1.54) is 25.1 Å². The number of ketones is 1. The fourth-order valence-corrected chi connectivity index (χ4v) is 1.85. The predicted molar refractivity (Wildman–Crippen MR) is 49.2 cm³/mol. The van der Waals surface area contributed by atoms with Crippen molar-refractivity contribution in [3.8, 4) is 0 Å².